The number of carbonyl (C=O) groups excluding carboxylic acids is 2. The molecule has 0 amide bonds. The summed E-state index contributed by atoms with van der Waals surface area (Å²) in [7, 11) is 0. The van der Waals surface area contributed by atoms with E-state index in [0.29, 0.717) is 24.8 Å². The summed E-state index contributed by atoms with van der Waals surface area (Å²) in [5, 5.41) is 20.3. The van der Waals surface area contributed by atoms with Crippen LogP contribution in [0.25, 0.3) is 0 Å². The number of carbonyl (C=O) groups is 2. The van der Waals surface area contributed by atoms with Gasteiger partial charge in [-0.1, -0.05) is 32.1 Å². The lowest BCUT2D eigenvalue weighted by Crippen LogP contribution is -2.46. The van der Waals surface area contributed by atoms with Gasteiger partial charge < -0.3 is 19.7 Å². The molecule has 1 aliphatic heterocycles. The van der Waals surface area contributed by atoms with Crippen molar-refractivity contribution < 1.29 is 29.3 Å². The topological polar surface area (TPSA) is 93.1 Å². The average molecular weight is 374 g/mol. The molecule has 4 unspecified atom stereocenters. The molecular formula is C21H26O6. The summed E-state index contributed by atoms with van der Waals surface area (Å²) >= 11 is 0. The summed E-state index contributed by atoms with van der Waals surface area (Å²) in [6.45, 7) is 5.42. The first-order valence-corrected chi connectivity index (χ1v) is 9.26. The number of allylic oxidation sites excluding steroid dienone is 4. The minimum Gasteiger partial charge on any atom is -0.458 e. The Morgan fingerprint density at radius 3 is 2.89 bits per heavy atom. The van der Waals surface area contributed by atoms with Gasteiger partial charge in [0.1, 0.15) is 6.10 Å². The van der Waals surface area contributed by atoms with Crippen LogP contribution in [0.3, 0.4) is 0 Å². The second kappa shape index (κ2) is 7.09. The molecular weight excluding hydrogens is 348 g/mol. The largest absolute Gasteiger partial charge is 0.458 e. The van der Waals surface area contributed by atoms with Gasteiger partial charge in [-0.3, -0.25) is 4.79 Å². The van der Waals surface area contributed by atoms with Crippen LogP contribution in [0, 0.1) is 11.3 Å². The van der Waals surface area contributed by atoms with Crippen molar-refractivity contribution in [1.29, 1.82) is 0 Å². The number of aliphatic hydroxyl groups excluding tert-OH is 1. The summed E-state index contributed by atoms with van der Waals surface area (Å²) in [6.07, 6.45) is 9.90. The van der Waals surface area contributed by atoms with Crippen LogP contribution in [-0.2, 0) is 19.1 Å². The molecule has 0 spiro atoms. The van der Waals surface area contributed by atoms with Gasteiger partial charge in [0.05, 0.1) is 12.2 Å². The molecule has 6 nitrogen and oxygen atoms in total. The van der Waals surface area contributed by atoms with E-state index in [2.05, 4.69) is 0 Å². The molecule has 0 fully saturated rings. The SMILES string of the molecule is CC=CCCC(=O)OC1C=CC2=CC3(O)OC(=O)C(CO)=C3CC2(C)C1C. The number of aliphatic hydroxyl groups is 2. The molecule has 0 saturated heterocycles. The van der Waals surface area contributed by atoms with Crippen molar-refractivity contribution >= 4 is 11.9 Å². The maximum Gasteiger partial charge on any atom is 0.339 e. The third-order valence-electron chi connectivity index (χ3n) is 5.99. The Bertz CT molecular complexity index is 774. The van der Waals surface area contributed by atoms with E-state index in [0.717, 1.165) is 5.57 Å². The first-order valence-electron chi connectivity index (χ1n) is 9.26. The number of hydrogen-bond acceptors (Lipinski definition) is 6. The zero-order chi connectivity index (χ0) is 19.8. The van der Waals surface area contributed by atoms with Gasteiger partial charge in [-0.05, 0) is 37.5 Å². The van der Waals surface area contributed by atoms with E-state index >= 15 is 0 Å². The van der Waals surface area contributed by atoms with E-state index in [1.54, 1.807) is 0 Å². The van der Waals surface area contributed by atoms with Crippen LogP contribution in [0.15, 0.2) is 47.1 Å². The molecule has 0 saturated carbocycles. The fraction of sp³-hybridized carbons (Fsp3) is 0.524. The molecule has 1 heterocycles. The fourth-order valence-electron chi connectivity index (χ4n) is 4.07. The minimum absolute atomic E-state index is 0.0767. The predicted molar refractivity (Wildman–Crippen MR) is 98.2 cm³/mol. The molecule has 0 aromatic carbocycles. The third kappa shape index (κ3) is 3.28. The van der Waals surface area contributed by atoms with E-state index < -0.39 is 29.9 Å². The standard InChI is InChI=1S/C21H26O6/c1-4-5-6-7-18(23)26-17-9-8-14-10-21(25)16(11-20(14,3)13(17)2)15(12-22)19(24)27-21/h4-5,8-10,13,17,22,25H,6-7,11-12H2,1-3H3. The third-order valence-corrected chi connectivity index (χ3v) is 5.99. The van der Waals surface area contributed by atoms with Crippen molar-refractivity contribution in [1.82, 2.24) is 0 Å². The molecule has 0 radical (unpaired) electrons. The molecule has 4 atom stereocenters. The number of hydrogen-bond donors (Lipinski definition) is 2. The van der Waals surface area contributed by atoms with Crippen molar-refractivity contribution in [3.8, 4) is 0 Å². The summed E-state index contributed by atoms with van der Waals surface area (Å²) in [4.78, 5) is 24.1. The number of fused-ring (bicyclic) bond motifs is 2. The zero-order valence-corrected chi connectivity index (χ0v) is 15.9. The second-order valence-corrected chi connectivity index (χ2v) is 7.61. The Balaban J connectivity index is 1.87. The normalized spacial score (nSPS) is 35.0. The molecule has 0 bridgehead atoms. The van der Waals surface area contributed by atoms with E-state index in [4.69, 9.17) is 9.47 Å². The highest BCUT2D eigenvalue weighted by atomic mass is 16.7. The van der Waals surface area contributed by atoms with Gasteiger partial charge >= 0.3 is 11.9 Å². The molecule has 0 aromatic heterocycles. The smallest absolute Gasteiger partial charge is 0.339 e. The fourth-order valence-corrected chi connectivity index (χ4v) is 4.07. The second-order valence-electron chi connectivity index (χ2n) is 7.61. The summed E-state index contributed by atoms with van der Waals surface area (Å²) < 4.78 is 10.8. The maximum absolute atomic E-state index is 12.1. The van der Waals surface area contributed by atoms with Crippen molar-refractivity contribution in [3.05, 3.63) is 47.1 Å². The van der Waals surface area contributed by atoms with Gasteiger partial charge in [-0.25, -0.2) is 4.79 Å². The molecule has 3 rings (SSSR count). The Hall–Kier alpha value is -2.18. The minimum atomic E-state index is -1.80. The highest BCUT2D eigenvalue weighted by Gasteiger charge is 2.54. The van der Waals surface area contributed by atoms with Gasteiger partial charge in [0, 0.05) is 23.3 Å². The number of rotatable bonds is 5. The summed E-state index contributed by atoms with van der Waals surface area (Å²) in [5.41, 5.74) is 0.866. The van der Waals surface area contributed by atoms with Crippen molar-refractivity contribution in [2.75, 3.05) is 6.61 Å². The van der Waals surface area contributed by atoms with Crippen LogP contribution in [0.1, 0.15) is 40.0 Å². The van der Waals surface area contributed by atoms with E-state index in [1.807, 2.05) is 45.1 Å². The highest BCUT2D eigenvalue weighted by Crippen LogP contribution is 2.54. The lowest BCUT2D eigenvalue weighted by Gasteiger charge is -2.47. The first kappa shape index (κ1) is 19.6. The molecule has 27 heavy (non-hydrogen) atoms. The van der Waals surface area contributed by atoms with Crippen LogP contribution in [-0.4, -0.2) is 40.6 Å². The Kier molecular flexibility index (Phi) is 5.14. The number of ether oxygens (including phenoxy) is 2. The highest BCUT2D eigenvalue weighted by molar-refractivity contribution is 5.93. The van der Waals surface area contributed by atoms with Gasteiger partial charge in [0.15, 0.2) is 0 Å². The Morgan fingerprint density at radius 1 is 1.48 bits per heavy atom. The van der Waals surface area contributed by atoms with Gasteiger partial charge in [0.2, 0.25) is 0 Å². The summed E-state index contributed by atoms with van der Waals surface area (Å²) in [6, 6.07) is 0. The van der Waals surface area contributed by atoms with Crippen LogP contribution in [0.5, 0.6) is 0 Å². The number of esters is 2. The lowest BCUT2D eigenvalue weighted by atomic mass is 9.60. The van der Waals surface area contributed by atoms with E-state index in [1.165, 1.54) is 6.08 Å². The van der Waals surface area contributed by atoms with Crippen molar-refractivity contribution in [3.63, 3.8) is 0 Å². The van der Waals surface area contributed by atoms with Gasteiger partial charge in [0.25, 0.3) is 5.79 Å². The monoisotopic (exact) mass is 374 g/mol. The first-order chi connectivity index (χ1) is 12.7. The van der Waals surface area contributed by atoms with Crippen LogP contribution in [0.2, 0.25) is 0 Å². The predicted octanol–water partition coefficient (Wildman–Crippen LogP) is 2.33. The van der Waals surface area contributed by atoms with Crippen molar-refractivity contribution in [2.24, 2.45) is 11.3 Å². The molecule has 0 aromatic rings. The van der Waals surface area contributed by atoms with Crippen molar-refractivity contribution in [2.45, 2.75) is 51.9 Å². The Labute approximate surface area is 158 Å². The molecule has 2 N–H and O–H groups in total. The lowest BCUT2D eigenvalue weighted by molar-refractivity contribution is -0.170. The van der Waals surface area contributed by atoms with E-state index in [-0.39, 0.29) is 17.5 Å². The molecule has 146 valence electrons. The van der Waals surface area contributed by atoms with Crippen LogP contribution >= 0.6 is 0 Å². The zero-order valence-electron chi connectivity index (χ0n) is 15.9. The molecule has 2 aliphatic carbocycles. The maximum atomic E-state index is 12.1. The van der Waals surface area contributed by atoms with E-state index in [9.17, 15) is 19.8 Å². The molecule has 6 heteroatoms. The quantitative estimate of drug-likeness (QED) is 0.567. The average Bonchev–Trinajstić information content (AvgIpc) is 2.85. The van der Waals surface area contributed by atoms with Gasteiger partial charge in [-0.2, -0.15) is 0 Å². The van der Waals surface area contributed by atoms with Crippen LogP contribution < -0.4 is 0 Å². The molecule has 3 aliphatic rings. The van der Waals surface area contributed by atoms with Crippen LogP contribution in [0.4, 0.5) is 0 Å². The summed E-state index contributed by atoms with van der Waals surface area (Å²) in [5.74, 6) is -2.83. The Morgan fingerprint density at radius 2 is 2.22 bits per heavy atom. The van der Waals surface area contributed by atoms with Gasteiger partial charge in [-0.15, -0.1) is 0 Å².